The Balaban J connectivity index is 0.00000156. The van der Waals surface area contributed by atoms with Crippen molar-refractivity contribution in [3.05, 3.63) is 35.3 Å². The van der Waals surface area contributed by atoms with Gasteiger partial charge in [-0.3, -0.25) is 4.90 Å². The highest BCUT2D eigenvalue weighted by Crippen LogP contribution is 2.30. The Labute approximate surface area is 166 Å². The molecule has 0 amide bonds. The number of nitrogens with zero attached hydrogens (tertiary/aromatic N) is 2. The number of ether oxygens (including phenoxy) is 1. The maximum Gasteiger partial charge on any atom is 0.123 e. The lowest BCUT2D eigenvalue weighted by Gasteiger charge is -2.42. The monoisotopic (exact) mass is 403 g/mol. The number of likely N-dealkylation sites (tertiary alicyclic amines) is 1. The Morgan fingerprint density at radius 3 is 2.56 bits per heavy atom. The smallest absolute Gasteiger partial charge is 0.123 e. The van der Waals surface area contributed by atoms with Crippen molar-refractivity contribution in [3.8, 4) is 16.3 Å². The van der Waals surface area contributed by atoms with Crippen LogP contribution in [0.4, 0.5) is 0 Å². The summed E-state index contributed by atoms with van der Waals surface area (Å²) in [5.41, 5.74) is 8.68. The van der Waals surface area contributed by atoms with Crippen LogP contribution in [-0.2, 0) is 6.54 Å². The minimum Gasteiger partial charge on any atom is -0.497 e. The Kier molecular flexibility index (Phi) is 8.16. The second kappa shape index (κ2) is 9.19. The van der Waals surface area contributed by atoms with Gasteiger partial charge in [-0.05, 0) is 36.1 Å². The Bertz CT molecular complexity index is 661. The molecule has 1 aromatic heterocycles. The zero-order valence-electron chi connectivity index (χ0n) is 14.9. The molecule has 2 N–H and O–H groups in total. The van der Waals surface area contributed by atoms with Crippen LogP contribution in [0, 0.1) is 5.41 Å². The van der Waals surface area contributed by atoms with Gasteiger partial charge in [0, 0.05) is 36.6 Å². The zero-order valence-corrected chi connectivity index (χ0v) is 17.3. The van der Waals surface area contributed by atoms with Crippen molar-refractivity contribution < 1.29 is 4.74 Å². The highest BCUT2D eigenvalue weighted by atomic mass is 35.5. The molecule has 1 saturated heterocycles. The molecule has 7 heteroatoms. The summed E-state index contributed by atoms with van der Waals surface area (Å²) in [4.78, 5) is 7.27. The number of methoxy groups -OCH3 is 1. The van der Waals surface area contributed by atoms with Crippen LogP contribution < -0.4 is 10.5 Å². The third kappa shape index (κ3) is 5.31. The Morgan fingerprint density at radius 2 is 1.96 bits per heavy atom. The van der Waals surface area contributed by atoms with Gasteiger partial charge in [-0.15, -0.1) is 36.2 Å². The summed E-state index contributed by atoms with van der Waals surface area (Å²) in [5, 5.41) is 3.23. The minimum absolute atomic E-state index is 0. The molecule has 0 aliphatic carbocycles. The molecule has 25 heavy (non-hydrogen) atoms. The van der Waals surface area contributed by atoms with Crippen molar-refractivity contribution in [3.63, 3.8) is 0 Å². The van der Waals surface area contributed by atoms with Gasteiger partial charge in [0.2, 0.25) is 0 Å². The first-order chi connectivity index (χ1) is 11.0. The van der Waals surface area contributed by atoms with Gasteiger partial charge in [-0.1, -0.05) is 13.8 Å². The molecule has 0 spiro atoms. The molecule has 2 heterocycles. The van der Waals surface area contributed by atoms with E-state index in [1.165, 1.54) is 0 Å². The standard InChI is InChI=1S/C18H25N3OS.2ClH/c1-18(2)12-21(9-8-16(18)19)10-14-11-23-17(20-14)13-4-6-15(22-3)7-5-13;;/h4-7,11,16H,8-10,12,19H2,1-3H3;2*1H. The molecular weight excluding hydrogens is 377 g/mol. The van der Waals surface area contributed by atoms with E-state index >= 15 is 0 Å². The second-order valence-corrected chi connectivity index (χ2v) is 7.83. The third-order valence-corrected chi connectivity index (χ3v) is 5.61. The van der Waals surface area contributed by atoms with Gasteiger partial charge in [-0.25, -0.2) is 4.98 Å². The highest BCUT2D eigenvalue weighted by molar-refractivity contribution is 7.13. The van der Waals surface area contributed by atoms with Gasteiger partial charge in [0.05, 0.1) is 12.8 Å². The lowest BCUT2D eigenvalue weighted by Crippen LogP contribution is -2.52. The first kappa shape index (κ1) is 22.2. The fraction of sp³-hybridized carbons (Fsp3) is 0.500. The van der Waals surface area contributed by atoms with E-state index in [1.807, 2.05) is 12.1 Å². The SMILES string of the molecule is COc1ccc(-c2nc(CN3CCC(N)C(C)(C)C3)cs2)cc1.Cl.Cl. The van der Waals surface area contributed by atoms with Crippen LogP contribution in [-0.4, -0.2) is 36.1 Å². The van der Waals surface area contributed by atoms with Gasteiger partial charge >= 0.3 is 0 Å². The van der Waals surface area contributed by atoms with Crippen LogP contribution in [0.2, 0.25) is 0 Å². The predicted octanol–water partition coefficient (Wildman–Crippen LogP) is 4.22. The summed E-state index contributed by atoms with van der Waals surface area (Å²) < 4.78 is 5.21. The number of hydrogen-bond acceptors (Lipinski definition) is 5. The molecule has 1 unspecified atom stereocenters. The van der Waals surface area contributed by atoms with E-state index < -0.39 is 0 Å². The largest absolute Gasteiger partial charge is 0.497 e. The van der Waals surface area contributed by atoms with E-state index in [4.69, 9.17) is 15.5 Å². The lowest BCUT2D eigenvalue weighted by molar-refractivity contribution is 0.0891. The molecule has 1 atom stereocenters. The molecule has 3 rings (SSSR count). The molecule has 1 aliphatic rings. The van der Waals surface area contributed by atoms with E-state index in [-0.39, 0.29) is 30.2 Å². The fourth-order valence-electron chi connectivity index (χ4n) is 3.09. The van der Waals surface area contributed by atoms with Crippen LogP contribution >= 0.6 is 36.2 Å². The molecule has 0 radical (unpaired) electrons. The predicted molar refractivity (Wildman–Crippen MR) is 110 cm³/mol. The van der Waals surface area contributed by atoms with Gasteiger partial charge in [0.25, 0.3) is 0 Å². The third-order valence-electron chi connectivity index (χ3n) is 4.67. The molecule has 2 aromatic rings. The van der Waals surface area contributed by atoms with Crippen LogP contribution in [0.15, 0.2) is 29.6 Å². The number of thiazole rings is 1. The normalized spacial score (nSPS) is 19.6. The second-order valence-electron chi connectivity index (χ2n) is 6.97. The summed E-state index contributed by atoms with van der Waals surface area (Å²) in [6.07, 6.45) is 1.06. The van der Waals surface area contributed by atoms with E-state index in [0.29, 0.717) is 6.04 Å². The Hall–Kier alpha value is -0.850. The van der Waals surface area contributed by atoms with E-state index in [1.54, 1.807) is 18.4 Å². The van der Waals surface area contributed by atoms with Gasteiger partial charge in [0.15, 0.2) is 0 Å². The number of hydrogen-bond donors (Lipinski definition) is 1. The van der Waals surface area contributed by atoms with E-state index in [2.05, 4.69) is 36.3 Å². The lowest BCUT2D eigenvalue weighted by atomic mass is 9.80. The molecule has 0 bridgehead atoms. The number of piperidine rings is 1. The first-order valence-electron chi connectivity index (χ1n) is 8.05. The summed E-state index contributed by atoms with van der Waals surface area (Å²) in [6, 6.07) is 8.37. The number of nitrogens with two attached hydrogens (primary N) is 1. The van der Waals surface area contributed by atoms with Crippen LogP contribution in [0.1, 0.15) is 26.0 Å². The zero-order chi connectivity index (χ0) is 16.4. The van der Waals surface area contributed by atoms with Gasteiger partial charge in [0.1, 0.15) is 10.8 Å². The Morgan fingerprint density at radius 1 is 1.28 bits per heavy atom. The topological polar surface area (TPSA) is 51.4 Å². The molecule has 0 saturated carbocycles. The fourth-order valence-corrected chi connectivity index (χ4v) is 3.91. The summed E-state index contributed by atoms with van der Waals surface area (Å²) in [7, 11) is 1.68. The summed E-state index contributed by atoms with van der Waals surface area (Å²) >= 11 is 1.70. The minimum atomic E-state index is 0. The van der Waals surface area contributed by atoms with Gasteiger partial charge < -0.3 is 10.5 Å². The van der Waals surface area contributed by atoms with Crippen molar-refractivity contribution in [2.75, 3.05) is 20.2 Å². The number of aromatic nitrogens is 1. The summed E-state index contributed by atoms with van der Waals surface area (Å²) in [6.45, 7) is 7.51. The van der Waals surface area contributed by atoms with Gasteiger partial charge in [-0.2, -0.15) is 0 Å². The van der Waals surface area contributed by atoms with Crippen LogP contribution in [0.25, 0.3) is 10.6 Å². The number of rotatable bonds is 4. The molecule has 4 nitrogen and oxygen atoms in total. The molecule has 140 valence electrons. The van der Waals surface area contributed by atoms with Crippen molar-refractivity contribution >= 4 is 36.2 Å². The number of benzene rings is 1. The average molecular weight is 404 g/mol. The maximum absolute atomic E-state index is 6.22. The van der Waals surface area contributed by atoms with Crippen LogP contribution in [0.5, 0.6) is 5.75 Å². The molecule has 1 aliphatic heterocycles. The average Bonchev–Trinajstić information content (AvgIpc) is 2.99. The first-order valence-corrected chi connectivity index (χ1v) is 8.93. The highest BCUT2D eigenvalue weighted by Gasteiger charge is 2.33. The molecule has 1 aromatic carbocycles. The van der Waals surface area contributed by atoms with Crippen molar-refractivity contribution in [1.29, 1.82) is 0 Å². The van der Waals surface area contributed by atoms with Crippen molar-refractivity contribution in [2.45, 2.75) is 32.9 Å². The van der Waals surface area contributed by atoms with E-state index in [0.717, 1.165) is 48.1 Å². The maximum atomic E-state index is 6.22. The quantitative estimate of drug-likeness (QED) is 0.829. The van der Waals surface area contributed by atoms with Crippen molar-refractivity contribution in [2.24, 2.45) is 11.1 Å². The van der Waals surface area contributed by atoms with E-state index in [9.17, 15) is 0 Å². The molecule has 1 fully saturated rings. The van der Waals surface area contributed by atoms with Crippen LogP contribution in [0.3, 0.4) is 0 Å². The van der Waals surface area contributed by atoms with Crippen molar-refractivity contribution in [1.82, 2.24) is 9.88 Å². The summed E-state index contributed by atoms with van der Waals surface area (Å²) in [5.74, 6) is 0.873. The molecular formula is C18H27Cl2N3OS. The number of halogens is 2.